The molecule has 0 aromatic carbocycles. The lowest BCUT2D eigenvalue weighted by Gasteiger charge is -2.09. The van der Waals surface area contributed by atoms with Crippen molar-refractivity contribution in [1.29, 1.82) is 0 Å². The minimum Gasteiger partial charge on any atom is -0.472 e. The van der Waals surface area contributed by atoms with E-state index in [9.17, 15) is 18.3 Å². The molecule has 0 radical (unpaired) electrons. The molecule has 1 heterocycles. The van der Waals surface area contributed by atoms with Gasteiger partial charge in [-0.1, -0.05) is 0 Å². The minimum absolute atomic E-state index is 0.330. The second-order valence-corrected chi connectivity index (χ2v) is 2.73. The van der Waals surface area contributed by atoms with Gasteiger partial charge in [0.2, 0.25) is 0 Å². The van der Waals surface area contributed by atoms with E-state index in [1.807, 2.05) is 0 Å². The van der Waals surface area contributed by atoms with Crippen LogP contribution in [0.25, 0.3) is 0 Å². The molecule has 0 saturated heterocycles. The number of aliphatic hydroxyl groups is 1. The van der Waals surface area contributed by atoms with Gasteiger partial charge in [-0.25, -0.2) is 0 Å². The Morgan fingerprint density at radius 1 is 1.46 bits per heavy atom. The number of hydrogen-bond donors (Lipinski definition) is 1. The van der Waals surface area contributed by atoms with Crippen LogP contribution in [0.1, 0.15) is 24.5 Å². The third kappa shape index (κ3) is 3.50. The number of hydrogen-bond acceptors (Lipinski definition) is 2. The highest BCUT2D eigenvalue weighted by atomic mass is 19.4. The van der Waals surface area contributed by atoms with Crippen LogP contribution >= 0.6 is 0 Å². The largest absolute Gasteiger partial charge is 0.472 e. The van der Waals surface area contributed by atoms with Crippen LogP contribution in [-0.2, 0) is 0 Å². The summed E-state index contributed by atoms with van der Waals surface area (Å²) < 4.78 is 39.8. The monoisotopic (exact) mass is 194 g/mol. The fourth-order valence-electron chi connectivity index (χ4n) is 0.932. The van der Waals surface area contributed by atoms with Gasteiger partial charge >= 0.3 is 6.18 Å². The number of alkyl halides is 3. The zero-order valence-electron chi connectivity index (χ0n) is 6.71. The number of halogens is 3. The normalized spacial score (nSPS) is 14.5. The molecular weight excluding hydrogens is 185 g/mol. The van der Waals surface area contributed by atoms with Gasteiger partial charge in [0.25, 0.3) is 0 Å². The summed E-state index contributed by atoms with van der Waals surface area (Å²) >= 11 is 0. The Morgan fingerprint density at radius 3 is 2.62 bits per heavy atom. The molecule has 1 N–H and O–H groups in total. The predicted octanol–water partition coefficient (Wildman–Crippen LogP) is 2.66. The molecule has 0 fully saturated rings. The summed E-state index contributed by atoms with van der Waals surface area (Å²) in [5.74, 6) is 0. The summed E-state index contributed by atoms with van der Waals surface area (Å²) in [5.41, 5.74) is 0.379. The molecule has 0 bridgehead atoms. The van der Waals surface area contributed by atoms with Crippen molar-refractivity contribution in [2.75, 3.05) is 0 Å². The Labute approximate surface area is 73.0 Å². The van der Waals surface area contributed by atoms with E-state index in [2.05, 4.69) is 4.42 Å². The molecule has 0 saturated carbocycles. The van der Waals surface area contributed by atoms with Crippen LogP contribution in [-0.4, -0.2) is 11.3 Å². The smallest absolute Gasteiger partial charge is 0.389 e. The molecule has 0 aliphatic carbocycles. The lowest BCUT2D eigenvalue weighted by atomic mass is 10.1. The van der Waals surface area contributed by atoms with Crippen LogP contribution in [0.2, 0.25) is 0 Å². The Bertz CT molecular complexity index is 240. The fraction of sp³-hybridized carbons (Fsp3) is 0.500. The Kier molecular flexibility index (Phi) is 2.98. The second kappa shape index (κ2) is 3.83. The van der Waals surface area contributed by atoms with Crippen molar-refractivity contribution in [3.8, 4) is 0 Å². The van der Waals surface area contributed by atoms with E-state index in [1.54, 1.807) is 0 Å². The maximum Gasteiger partial charge on any atom is 0.389 e. The first-order chi connectivity index (χ1) is 5.99. The van der Waals surface area contributed by atoms with Gasteiger partial charge in [0.1, 0.15) is 0 Å². The van der Waals surface area contributed by atoms with Crippen molar-refractivity contribution in [2.45, 2.75) is 25.1 Å². The van der Waals surface area contributed by atoms with E-state index in [-0.39, 0.29) is 6.42 Å². The van der Waals surface area contributed by atoms with Crippen LogP contribution in [0.5, 0.6) is 0 Å². The Balaban J connectivity index is 2.39. The van der Waals surface area contributed by atoms with E-state index in [0.717, 1.165) is 0 Å². The predicted molar refractivity (Wildman–Crippen MR) is 39.0 cm³/mol. The van der Waals surface area contributed by atoms with Crippen molar-refractivity contribution in [2.24, 2.45) is 0 Å². The average Bonchev–Trinajstić information content (AvgIpc) is 2.50. The van der Waals surface area contributed by atoms with Crippen LogP contribution in [0, 0.1) is 0 Å². The highest BCUT2D eigenvalue weighted by Crippen LogP contribution is 2.27. The van der Waals surface area contributed by atoms with Crippen molar-refractivity contribution in [1.82, 2.24) is 0 Å². The molecule has 2 nitrogen and oxygen atoms in total. The molecule has 1 unspecified atom stereocenters. The first-order valence-corrected chi connectivity index (χ1v) is 3.76. The zero-order valence-corrected chi connectivity index (χ0v) is 6.71. The highest BCUT2D eigenvalue weighted by molar-refractivity contribution is 5.08. The molecule has 1 rings (SSSR count). The van der Waals surface area contributed by atoms with Crippen LogP contribution in [0.15, 0.2) is 23.0 Å². The van der Waals surface area contributed by atoms with E-state index in [1.165, 1.54) is 18.6 Å². The Hall–Kier alpha value is -0.970. The summed E-state index contributed by atoms with van der Waals surface area (Å²) in [5, 5.41) is 9.21. The molecule has 0 aliphatic rings. The standard InChI is InChI=1S/C8H9F3O2/c9-8(10,11)3-1-7(12)6-2-4-13-5-6/h2,4-5,7,12H,1,3H2. The van der Waals surface area contributed by atoms with Gasteiger partial charge < -0.3 is 9.52 Å². The van der Waals surface area contributed by atoms with E-state index in [4.69, 9.17) is 0 Å². The molecule has 13 heavy (non-hydrogen) atoms. The lowest BCUT2D eigenvalue weighted by Crippen LogP contribution is -2.09. The van der Waals surface area contributed by atoms with E-state index in [0.29, 0.717) is 5.56 Å². The zero-order chi connectivity index (χ0) is 9.90. The van der Waals surface area contributed by atoms with Crippen molar-refractivity contribution in [3.05, 3.63) is 24.2 Å². The van der Waals surface area contributed by atoms with E-state index < -0.39 is 18.7 Å². The molecular formula is C8H9F3O2. The third-order valence-corrected chi connectivity index (χ3v) is 1.63. The number of furan rings is 1. The molecule has 1 aromatic rings. The quantitative estimate of drug-likeness (QED) is 0.802. The molecule has 74 valence electrons. The molecule has 5 heteroatoms. The van der Waals surface area contributed by atoms with Gasteiger partial charge in [-0.15, -0.1) is 0 Å². The first kappa shape index (κ1) is 10.1. The maximum absolute atomic E-state index is 11.7. The molecule has 1 aromatic heterocycles. The highest BCUT2D eigenvalue weighted by Gasteiger charge is 2.28. The van der Waals surface area contributed by atoms with Crippen molar-refractivity contribution < 1.29 is 22.7 Å². The van der Waals surface area contributed by atoms with Gasteiger partial charge in [-0.2, -0.15) is 13.2 Å². The van der Waals surface area contributed by atoms with Crippen molar-refractivity contribution in [3.63, 3.8) is 0 Å². The summed E-state index contributed by atoms with van der Waals surface area (Å²) in [6, 6.07) is 1.45. The SMILES string of the molecule is OC(CCC(F)(F)F)c1ccoc1. The van der Waals surface area contributed by atoms with Gasteiger partial charge in [0, 0.05) is 12.0 Å². The topological polar surface area (TPSA) is 33.4 Å². The Morgan fingerprint density at radius 2 is 2.15 bits per heavy atom. The molecule has 0 spiro atoms. The van der Waals surface area contributed by atoms with Gasteiger partial charge in [0.15, 0.2) is 0 Å². The number of rotatable bonds is 3. The number of aliphatic hydroxyl groups excluding tert-OH is 1. The van der Waals surface area contributed by atoms with Gasteiger partial charge in [0.05, 0.1) is 18.6 Å². The average molecular weight is 194 g/mol. The third-order valence-electron chi connectivity index (χ3n) is 1.63. The summed E-state index contributed by atoms with van der Waals surface area (Å²) in [6.45, 7) is 0. The van der Waals surface area contributed by atoms with Crippen LogP contribution in [0.3, 0.4) is 0 Å². The lowest BCUT2D eigenvalue weighted by molar-refractivity contribution is -0.140. The van der Waals surface area contributed by atoms with Crippen LogP contribution < -0.4 is 0 Å². The first-order valence-electron chi connectivity index (χ1n) is 3.76. The van der Waals surface area contributed by atoms with Crippen molar-refractivity contribution >= 4 is 0 Å². The van der Waals surface area contributed by atoms with Crippen LogP contribution in [0.4, 0.5) is 13.2 Å². The van der Waals surface area contributed by atoms with Gasteiger partial charge in [-0.3, -0.25) is 0 Å². The van der Waals surface area contributed by atoms with Gasteiger partial charge in [-0.05, 0) is 12.5 Å². The second-order valence-electron chi connectivity index (χ2n) is 2.73. The minimum atomic E-state index is -4.22. The molecule has 0 aliphatic heterocycles. The summed E-state index contributed by atoms with van der Waals surface area (Å²) in [7, 11) is 0. The fourth-order valence-corrected chi connectivity index (χ4v) is 0.932. The maximum atomic E-state index is 11.7. The summed E-state index contributed by atoms with van der Waals surface area (Å²) in [4.78, 5) is 0. The van der Waals surface area contributed by atoms with E-state index >= 15 is 0 Å². The summed E-state index contributed by atoms with van der Waals surface area (Å²) in [6.07, 6.45) is -4.08. The molecule has 1 atom stereocenters. The molecule has 0 amide bonds.